The molecule has 1 fully saturated rings. The van der Waals surface area contributed by atoms with E-state index in [0.29, 0.717) is 12.5 Å². The predicted molar refractivity (Wildman–Crippen MR) is 67.0 cm³/mol. The molecule has 0 bridgehead atoms. The summed E-state index contributed by atoms with van der Waals surface area (Å²) in [5, 5.41) is 3.34. The molecule has 0 aromatic carbocycles. The number of carbonyl (C=O) groups excluding carboxylic acids is 1. The average molecular weight is 251 g/mol. The lowest BCUT2D eigenvalue weighted by atomic mass is 10.1. The van der Waals surface area contributed by atoms with Gasteiger partial charge in [-0.05, 0) is 25.8 Å². The Kier molecular flexibility index (Phi) is 8.61. The third-order valence-electron chi connectivity index (χ3n) is 2.85. The van der Waals surface area contributed by atoms with Crippen LogP contribution >= 0.6 is 12.4 Å². The highest BCUT2D eigenvalue weighted by Crippen LogP contribution is 2.09. The van der Waals surface area contributed by atoms with Crippen molar-refractivity contribution in [3.8, 4) is 0 Å². The first kappa shape index (κ1) is 15.7. The first-order chi connectivity index (χ1) is 7.24. The van der Waals surface area contributed by atoms with E-state index in [1.165, 1.54) is 6.42 Å². The van der Waals surface area contributed by atoms with Gasteiger partial charge in [-0.3, -0.25) is 4.79 Å². The Morgan fingerprint density at radius 3 is 2.88 bits per heavy atom. The van der Waals surface area contributed by atoms with Crippen molar-refractivity contribution in [3.05, 3.63) is 0 Å². The summed E-state index contributed by atoms with van der Waals surface area (Å²) in [5.74, 6) is 0.241. The molecule has 0 aromatic rings. The maximum atomic E-state index is 11.7. The summed E-state index contributed by atoms with van der Waals surface area (Å²) in [5.41, 5.74) is 0. The van der Waals surface area contributed by atoms with Crippen molar-refractivity contribution in [1.29, 1.82) is 0 Å². The van der Waals surface area contributed by atoms with Gasteiger partial charge in [-0.25, -0.2) is 0 Å². The zero-order valence-electron chi connectivity index (χ0n) is 10.2. The minimum atomic E-state index is 0. The Morgan fingerprint density at radius 1 is 1.56 bits per heavy atom. The fourth-order valence-corrected chi connectivity index (χ4v) is 1.87. The van der Waals surface area contributed by atoms with Gasteiger partial charge in [0.15, 0.2) is 0 Å². The Labute approximate surface area is 104 Å². The first-order valence-electron chi connectivity index (χ1n) is 5.70. The summed E-state index contributed by atoms with van der Waals surface area (Å²) in [6.45, 7) is 2.57. The molecule has 1 amide bonds. The molecule has 96 valence electrons. The molecule has 1 atom stereocenters. The molecular weight excluding hydrogens is 228 g/mol. The molecule has 16 heavy (non-hydrogen) atoms. The standard InChI is InChI=1S/C11H22N2O2.ClH/c1-13(7-4-8-15-2)11(14)9-10-5-3-6-12-10;/h10,12H,3-9H2,1-2H3;1H. The molecule has 1 N–H and O–H groups in total. The monoisotopic (exact) mass is 250 g/mol. The third-order valence-corrected chi connectivity index (χ3v) is 2.85. The summed E-state index contributed by atoms with van der Waals surface area (Å²) in [4.78, 5) is 13.5. The molecule has 1 unspecified atom stereocenters. The molecule has 0 radical (unpaired) electrons. The molecule has 0 saturated carbocycles. The van der Waals surface area contributed by atoms with E-state index in [1.807, 2.05) is 7.05 Å². The molecule has 5 heteroatoms. The number of hydrogen-bond acceptors (Lipinski definition) is 3. The molecule has 0 aromatic heterocycles. The van der Waals surface area contributed by atoms with Crippen LogP contribution in [0.1, 0.15) is 25.7 Å². The van der Waals surface area contributed by atoms with Crippen LogP contribution in [0.5, 0.6) is 0 Å². The number of hydrogen-bond donors (Lipinski definition) is 1. The summed E-state index contributed by atoms with van der Waals surface area (Å²) in [6.07, 6.45) is 3.89. The maximum Gasteiger partial charge on any atom is 0.223 e. The minimum Gasteiger partial charge on any atom is -0.385 e. The van der Waals surface area contributed by atoms with E-state index in [2.05, 4.69) is 5.32 Å². The highest BCUT2D eigenvalue weighted by atomic mass is 35.5. The lowest BCUT2D eigenvalue weighted by Crippen LogP contribution is -2.34. The lowest BCUT2D eigenvalue weighted by Gasteiger charge is -2.19. The van der Waals surface area contributed by atoms with Crippen LogP contribution in [0.4, 0.5) is 0 Å². The fraction of sp³-hybridized carbons (Fsp3) is 0.909. The number of ether oxygens (including phenoxy) is 1. The molecule has 1 aliphatic rings. The van der Waals surface area contributed by atoms with E-state index >= 15 is 0 Å². The van der Waals surface area contributed by atoms with Gasteiger partial charge in [0, 0.05) is 39.8 Å². The summed E-state index contributed by atoms with van der Waals surface area (Å²) in [6, 6.07) is 0.405. The topological polar surface area (TPSA) is 41.6 Å². The van der Waals surface area contributed by atoms with E-state index in [1.54, 1.807) is 12.0 Å². The molecule has 4 nitrogen and oxygen atoms in total. The van der Waals surface area contributed by atoms with Crippen LogP contribution < -0.4 is 5.32 Å². The quantitative estimate of drug-likeness (QED) is 0.717. The number of methoxy groups -OCH3 is 1. The van der Waals surface area contributed by atoms with E-state index in [0.717, 1.165) is 32.5 Å². The largest absolute Gasteiger partial charge is 0.385 e. The van der Waals surface area contributed by atoms with Gasteiger partial charge in [0.1, 0.15) is 0 Å². The van der Waals surface area contributed by atoms with Crippen LogP contribution in [-0.4, -0.2) is 50.7 Å². The van der Waals surface area contributed by atoms with Gasteiger partial charge in [0.2, 0.25) is 5.91 Å². The van der Waals surface area contributed by atoms with Gasteiger partial charge < -0.3 is 15.0 Å². The predicted octanol–water partition coefficient (Wildman–Crippen LogP) is 1.05. The lowest BCUT2D eigenvalue weighted by molar-refractivity contribution is -0.130. The van der Waals surface area contributed by atoms with Crippen LogP contribution in [-0.2, 0) is 9.53 Å². The second-order valence-electron chi connectivity index (χ2n) is 4.16. The van der Waals surface area contributed by atoms with E-state index < -0.39 is 0 Å². The Bertz CT molecular complexity index is 196. The van der Waals surface area contributed by atoms with Crippen molar-refractivity contribution in [1.82, 2.24) is 10.2 Å². The molecule has 1 saturated heterocycles. The molecule has 1 rings (SSSR count). The number of nitrogens with zero attached hydrogens (tertiary/aromatic N) is 1. The van der Waals surface area contributed by atoms with Crippen molar-refractivity contribution in [2.75, 3.05) is 33.9 Å². The van der Waals surface area contributed by atoms with Crippen LogP contribution in [0.15, 0.2) is 0 Å². The number of nitrogens with one attached hydrogen (secondary N) is 1. The Balaban J connectivity index is 0.00000225. The molecular formula is C11H23ClN2O2. The van der Waals surface area contributed by atoms with Crippen molar-refractivity contribution in [3.63, 3.8) is 0 Å². The number of rotatable bonds is 6. The van der Waals surface area contributed by atoms with Gasteiger partial charge in [0.05, 0.1) is 0 Å². The van der Waals surface area contributed by atoms with Gasteiger partial charge >= 0.3 is 0 Å². The van der Waals surface area contributed by atoms with E-state index in [9.17, 15) is 4.79 Å². The van der Waals surface area contributed by atoms with Crippen molar-refractivity contribution in [2.45, 2.75) is 31.7 Å². The highest BCUT2D eigenvalue weighted by molar-refractivity contribution is 5.85. The molecule has 1 heterocycles. The van der Waals surface area contributed by atoms with Gasteiger partial charge in [0.25, 0.3) is 0 Å². The number of amides is 1. The van der Waals surface area contributed by atoms with E-state index in [-0.39, 0.29) is 18.3 Å². The minimum absolute atomic E-state index is 0. The average Bonchev–Trinajstić information content (AvgIpc) is 2.70. The molecule has 0 spiro atoms. The van der Waals surface area contributed by atoms with Crippen LogP contribution in [0.3, 0.4) is 0 Å². The Hall–Kier alpha value is -0.320. The van der Waals surface area contributed by atoms with Gasteiger partial charge in [-0.1, -0.05) is 0 Å². The first-order valence-corrected chi connectivity index (χ1v) is 5.70. The second-order valence-corrected chi connectivity index (χ2v) is 4.16. The van der Waals surface area contributed by atoms with Crippen molar-refractivity contribution in [2.24, 2.45) is 0 Å². The zero-order valence-corrected chi connectivity index (χ0v) is 11.0. The summed E-state index contributed by atoms with van der Waals surface area (Å²) >= 11 is 0. The van der Waals surface area contributed by atoms with Crippen molar-refractivity contribution >= 4 is 18.3 Å². The van der Waals surface area contributed by atoms with Crippen molar-refractivity contribution < 1.29 is 9.53 Å². The van der Waals surface area contributed by atoms with Crippen LogP contribution in [0.25, 0.3) is 0 Å². The second kappa shape index (κ2) is 8.79. The summed E-state index contributed by atoms with van der Waals surface area (Å²) < 4.78 is 4.96. The molecule has 0 aliphatic carbocycles. The third kappa shape index (κ3) is 5.68. The fourth-order valence-electron chi connectivity index (χ4n) is 1.87. The molecule has 1 aliphatic heterocycles. The van der Waals surface area contributed by atoms with Crippen LogP contribution in [0, 0.1) is 0 Å². The van der Waals surface area contributed by atoms with Crippen LogP contribution in [0.2, 0.25) is 0 Å². The van der Waals surface area contributed by atoms with Gasteiger partial charge in [-0.2, -0.15) is 0 Å². The maximum absolute atomic E-state index is 11.7. The number of carbonyl (C=O) groups is 1. The smallest absolute Gasteiger partial charge is 0.223 e. The normalized spacial score (nSPS) is 19.2. The number of halogens is 1. The van der Waals surface area contributed by atoms with E-state index in [4.69, 9.17) is 4.74 Å². The SMILES string of the molecule is COCCCN(C)C(=O)CC1CCCN1.Cl. The Morgan fingerprint density at radius 2 is 2.31 bits per heavy atom. The highest BCUT2D eigenvalue weighted by Gasteiger charge is 2.19. The van der Waals surface area contributed by atoms with Gasteiger partial charge in [-0.15, -0.1) is 12.4 Å². The summed E-state index contributed by atoms with van der Waals surface area (Å²) in [7, 11) is 3.55. The zero-order chi connectivity index (χ0) is 11.1.